The van der Waals surface area contributed by atoms with Crippen LogP contribution >= 0.6 is 0 Å². The Morgan fingerprint density at radius 1 is 1.16 bits per heavy atom. The van der Waals surface area contributed by atoms with Crippen LogP contribution in [-0.2, 0) is 4.79 Å². The maximum atomic E-state index is 12.1. The van der Waals surface area contributed by atoms with Crippen LogP contribution in [0.3, 0.4) is 0 Å². The molecule has 0 aliphatic rings. The van der Waals surface area contributed by atoms with Gasteiger partial charge in [0, 0.05) is 20.0 Å². The Labute approximate surface area is 116 Å². The van der Waals surface area contributed by atoms with Gasteiger partial charge in [0.1, 0.15) is 0 Å². The normalized spacial score (nSPS) is 11.2. The van der Waals surface area contributed by atoms with Crippen LogP contribution in [-0.4, -0.2) is 19.5 Å². The van der Waals surface area contributed by atoms with Crippen molar-refractivity contribution in [2.45, 2.75) is 46.0 Å². The van der Waals surface area contributed by atoms with Gasteiger partial charge in [0.2, 0.25) is 5.91 Å². The summed E-state index contributed by atoms with van der Waals surface area (Å²) in [5.74, 6) is 0.862. The lowest BCUT2D eigenvalue weighted by Crippen LogP contribution is -2.30. The Morgan fingerprint density at radius 2 is 1.63 bits per heavy atom. The molecule has 0 spiro atoms. The molecule has 0 fully saturated rings. The number of benzene rings is 1. The first-order chi connectivity index (χ1) is 8.90. The summed E-state index contributed by atoms with van der Waals surface area (Å²) in [5, 5.41) is 0. The second kappa shape index (κ2) is 6.71. The first-order valence-electron chi connectivity index (χ1n) is 6.99. The van der Waals surface area contributed by atoms with Crippen molar-refractivity contribution in [1.29, 1.82) is 0 Å². The van der Waals surface area contributed by atoms with E-state index < -0.39 is 0 Å². The van der Waals surface area contributed by atoms with Crippen LogP contribution in [0.5, 0.6) is 0 Å². The topological polar surface area (TPSA) is 46.3 Å². The van der Waals surface area contributed by atoms with Crippen molar-refractivity contribution in [2.75, 3.05) is 18.5 Å². The van der Waals surface area contributed by atoms with Crippen molar-refractivity contribution in [1.82, 2.24) is 0 Å². The molecule has 1 amide bonds. The van der Waals surface area contributed by atoms with Crippen LogP contribution in [0.15, 0.2) is 18.2 Å². The third kappa shape index (κ3) is 3.57. The predicted octanol–water partition coefficient (Wildman–Crippen LogP) is 3.25. The van der Waals surface area contributed by atoms with Gasteiger partial charge in [0.05, 0.1) is 5.69 Å². The molecule has 0 radical (unpaired) electrons. The molecule has 0 aliphatic carbocycles. The average molecular weight is 262 g/mol. The summed E-state index contributed by atoms with van der Waals surface area (Å²) in [5.41, 5.74) is 9.00. The van der Waals surface area contributed by atoms with Crippen LogP contribution in [0.4, 0.5) is 5.69 Å². The van der Waals surface area contributed by atoms with Gasteiger partial charge < -0.3 is 10.6 Å². The molecule has 0 atom stereocenters. The van der Waals surface area contributed by atoms with Gasteiger partial charge >= 0.3 is 0 Å². The van der Waals surface area contributed by atoms with Gasteiger partial charge in [-0.05, 0) is 23.0 Å². The zero-order valence-corrected chi connectivity index (χ0v) is 12.7. The van der Waals surface area contributed by atoms with Crippen molar-refractivity contribution in [3.8, 4) is 0 Å². The number of hydrogen-bond donors (Lipinski definition) is 1. The third-order valence-electron chi connectivity index (χ3n) is 3.41. The number of hydrogen-bond acceptors (Lipinski definition) is 2. The monoisotopic (exact) mass is 262 g/mol. The van der Waals surface area contributed by atoms with Gasteiger partial charge in [0.15, 0.2) is 0 Å². The van der Waals surface area contributed by atoms with E-state index >= 15 is 0 Å². The van der Waals surface area contributed by atoms with Crippen LogP contribution in [0.25, 0.3) is 0 Å². The number of carbonyl (C=O) groups is 1. The summed E-state index contributed by atoms with van der Waals surface area (Å²) in [6, 6.07) is 6.30. The van der Waals surface area contributed by atoms with Gasteiger partial charge in [-0.15, -0.1) is 0 Å². The minimum absolute atomic E-state index is 0.0810. The van der Waals surface area contributed by atoms with E-state index in [4.69, 9.17) is 5.73 Å². The van der Waals surface area contributed by atoms with Gasteiger partial charge in [-0.3, -0.25) is 4.79 Å². The first kappa shape index (κ1) is 15.7. The minimum Gasteiger partial charge on any atom is -0.330 e. The Bertz CT molecular complexity index is 412. The molecular weight excluding hydrogens is 236 g/mol. The third-order valence-corrected chi connectivity index (χ3v) is 3.41. The molecule has 0 unspecified atom stereocenters. The fraction of sp³-hybridized carbons (Fsp3) is 0.562. The molecule has 0 saturated heterocycles. The number of amides is 1. The van der Waals surface area contributed by atoms with E-state index in [0.29, 0.717) is 24.8 Å². The maximum Gasteiger partial charge on any atom is 0.228 e. The molecular formula is C16H26N2O. The average Bonchev–Trinajstić information content (AvgIpc) is 2.36. The molecule has 0 bridgehead atoms. The molecule has 3 heteroatoms. The lowest BCUT2D eigenvalue weighted by molar-refractivity contribution is -0.118. The Kier molecular flexibility index (Phi) is 5.55. The molecule has 1 aromatic carbocycles. The van der Waals surface area contributed by atoms with E-state index in [1.807, 2.05) is 7.05 Å². The summed E-state index contributed by atoms with van der Waals surface area (Å²) in [7, 11) is 1.85. The number of nitrogens with two attached hydrogens (primary N) is 1. The lowest BCUT2D eigenvalue weighted by Gasteiger charge is -2.27. The van der Waals surface area contributed by atoms with Gasteiger partial charge in [-0.25, -0.2) is 0 Å². The fourth-order valence-electron chi connectivity index (χ4n) is 2.31. The molecule has 106 valence electrons. The summed E-state index contributed by atoms with van der Waals surface area (Å²) >= 11 is 0. The van der Waals surface area contributed by atoms with Gasteiger partial charge in [-0.2, -0.15) is 0 Å². The van der Waals surface area contributed by atoms with Crippen LogP contribution < -0.4 is 10.6 Å². The van der Waals surface area contributed by atoms with Crippen molar-refractivity contribution in [3.63, 3.8) is 0 Å². The molecule has 19 heavy (non-hydrogen) atoms. The Morgan fingerprint density at radius 3 is 2.00 bits per heavy atom. The molecule has 2 N–H and O–H groups in total. The van der Waals surface area contributed by atoms with E-state index in [9.17, 15) is 4.79 Å². The summed E-state index contributed by atoms with van der Waals surface area (Å²) < 4.78 is 0. The highest BCUT2D eigenvalue weighted by molar-refractivity contribution is 5.94. The standard InChI is InChI=1S/C16H26N2O/c1-11(2)13-7-6-8-14(12(3)4)16(13)18(5)15(19)9-10-17/h6-8,11-12H,9-10,17H2,1-5H3. The van der Waals surface area contributed by atoms with Crippen molar-refractivity contribution >= 4 is 11.6 Å². The Hall–Kier alpha value is -1.35. The van der Waals surface area contributed by atoms with Crippen molar-refractivity contribution in [3.05, 3.63) is 29.3 Å². The molecule has 0 heterocycles. The van der Waals surface area contributed by atoms with E-state index in [1.165, 1.54) is 11.1 Å². The quantitative estimate of drug-likeness (QED) is 0.885. The highest BCUT2D eigenvalue weighted by Crippen LogP contribution is 2.34. The number of para-hydroxylation sites is 1. The second-order valence-corrected chi connectivity index (χ2v) is 5.59. The van der Waals surface area contributed by atoms with Crippen LogP contribution in [0.2, 0.25) is 0 Å². The molecule has 0 saturated carbocycles. The molecule has 1 aromatic rings. The van der Waals surface area contributed by atoms with E-state index in [-0.39, 0.29) is 5.91 Å². The largest absolute Gasteiger partial charge is 0.330 e. The zero-order valence-electron chi connectivity index (χ0n) is 12.7. The fourth-order valence-corrected chi connectivity index (χ4v) is 2.31. The number of carbonyl (C=O) groups excluding carboxylic acids is 1. The molecule has 0 aromatic heterocycles. The van der Waals surface area contributed by atoms with Gasteiger partial charge in [-0.1, -0.05) is 45.9 Å². The molecule has 3 nitrogen and oxygen atoms in total. The van der Waals surface area contributed by atoms with E-state index in [0.717, 1.165) is 5.69 Å². The Balaban J connectivity index is 3.32. The van der Waals surface area contributed by atoms with E-state index in [1.54, 1.807) is 4.90 Å². The number of rotatable bonds is 5. The number of anilines is 1. The van der Waals surface area contributed by atoms with Crippen molar-refractivity contribution < 1.29 is 4.79 Å². The maximum absolute atomic E-state index is 12.1. The highest BCUT2D eigenvalue weighted by Gasteiger charge is 2.20. The highest BCUT2D eigenvalue weighted by atomic mass is 16.2. The summed E-state index contributed by atoms with van der Waals surface area (Å²) in [6.45, 7) is 9.02. The van der Waals surface area contributed by atoms with Crippen molar-refractivity contribution in [2.24, 2.45) is 5.73 Å². The van der Waals surface area contributed by atoms with E-state index in [2.05, 4.69) is 45.9 Å². The first-order valence-corrected chi connectivity index (χ1v) is 6.99. The van der Waals surface area contributed by atoms with Crippen LogP contribution in [0, 0.1) is 0 Å². The predicted molar refractivity (Wildman–Crippen MR) is 81.7 cm³/mol. The minimum atomic E-state index is 0.0810. The zero-order chi connectivity index (χ0) is 14.6. The summed E-state index contributed by atoms with van der Waals surface area (Å²) in [4.78, 5) is 13.9. The lowest BCUT2D eigenvalue weighted by atomic mass is 9.92. The second-order valence-electron chi connectivity index (χ2n) is 5.59. The molecule has 1 rings (SSSR count). The summed E-state index contributed by atoms with van der Waals surface area (Å²) in [6.07, 6.45) is 0.389. The smallest absolute Gasteiger partial charge is 0.228 e. The molecule has 0 aliphatic heterocycles. The number of nitrogens with zero attached hydrogens (tertiary/aromatic N) is 1. The SMILES string of the molecule is CC(C)c1cccc(C(C)C)c1N(C)C(=O)CCN. The van der Waals surface area contributed by atoms with Gasteiger partial charge in [0.25, 0.3) is 0 Å². The van der Waals surface area contributed by atoms with Crippen LogP contribution in [0.1, 0.15) is 57.1 Å².